The van der Waals surface area contributed by atoms with Crippen LogP contribution in [-0.2, 0) is 0 Å². The van der Waals surface area contributed by atoms with Crippen molar-refractivity contribution >= 4 is 108 Å². The summed E-state index contributed by atoms with van der Waals surface area (Å²) in [5.41, 5.74) is 22.8. The molecule has 112 heavy (non-hydrogen) atoms. The van der Waals surface area contributed by atoms with Gasteiger partial charge in [0.05, 0.1) is 0 Å². The van der Waals surface area contributed by atoms with E-state index in [9.17, 15) is 0 Å². The van der Waals surface area contributed by atoms with E-state index >= 15 is 0 Å². The molecule has 0 aliphatic heterocycles. The number of fused-ring (bicyclic) bond motifs is 10. The molecular formula is C112H74. The molecule has 0 atom stereocenters. The first-order valence-corrected chi connectivity index (χ1v) is 38.8. The monoisotopic (exact) mass is 1420 g/mol. The zero-order valence-electron chi connectivity index (χ0n) is 61.7. The molecule has 22 aromatic carbocycles. The number of hydrogen-bond donors (Lipinski definition) is 0. The van der Waals surface area contributed by atoms with Gasteiger partial charge >= 0.3 is 0 Å². The Balaban J connectivity index is 0.000000110. The number of hydrogen-bond acceptors (Lipinski definition) is 0. The lowest BCUT2D eigenvalue weighted by atomic mass is 9.83. The standard InChI is InChI=1S/C42H28.C36H24.C34H22/c1-3-14-30(15-4-1)35-26-25-34(28-40(35)31-16-5-2-6-17-31)42-38-21-11-9-19-36(38)41(37-20-10-12-22-39(37)42)33-24-23-29-13-7-8-18-32(29)27-33;1-2-13-26(14-3-1)29-16-6-7-17-30(29)36-33-20-10-8-18-31(33)35(32-19-9-11-21-34(32)36)28-23-22-25-12-4-5-15-27(25)24-28;1-2-12-25-22-26(21-20-23(25)10-1)33-29-15-5-7-17-31(29)34(32-18-8-6-16-30(32)33)28-19-9-13-24-11-3-4-14-27(24)28/h1-28H;1-24H;1-22H. The van der Waals surface area contributed by atoms with Crippen molar-refractivity contribution in [3.63, 3.8) is 0 Å². The van der Waals surface area contributed by atoms with Crippen molar-refractivity contribution in [2.24, 2.45) is 0 Å². The highest BCUT2D eigenvalue weighted by atomic mass is 14.3. The summed E-state index contributed by atoms with van der Waals surface area (Å²) >= 11 is 0. The summed E-state index contributed by atoms with van der Waals surface area (Å²) in [5.74, 6) is 0. The maximum atomic E-state index is 2.39. The zero-order chi connectivity index (χ0) is 74.3. The minimum Gasteiger partial charge on any atom is -0.0622 e. The third-order valence-corrected chi connectivity index (χ3v) is 22.7. The molecule has 0 saturated heterocycles. The van der Waals surface area contributed by atoms with Crippen LogP contribution in [0, 0.1) is 0 Å². The molecule has 0 fully saturated rings. The molecule has 22 rings (SSSR count). The van der Waals surface area contributed by atoms with E-state index in [0.29, 0.717) is 0 Å². The molecule has 0 bridgehead atoms. The summed E-state index contributed by atoms with van der Waals surface area (Å²) in [7, 11) is 0. The van der Waals surface area contributed by atoms with Gasteiger partial charge in [-0.15, -0.1) is 0 Å². The molecule has 0 unspecified atom stereocenters. The lowest BCUT2D eigenvalue weighted by molar-refractivity contribution is 1.58. The first-order valence-electron chi connectivity index (χ1n) is 38.8. The summed E-state index contributed by atoms with van der Waals surface area (Å²) in [5, 5.41) is 25.5. The van der Waals surface area contributed by atoms with Crippen LogP contribution >= 0.6 is 0 Å². The van der Waals surface area contributed by atoms with Gasteiger partial charge in [-0.25, -0.2) is 0 Å². The van der Waals surface area contributed by atoms with Gasteiger partial charge in [-0.2, -0.15) is 0 Å². The fourth-order valence-corrected chi connectivity index (χ4v) is 17.7. The summed E-state index contributed by atoms with van der Waals surface area (Å²) in [6, 6.07) is 163. The summed E-state index contributed by atoms with van der Waals surface area (Å²) < 4.78 is 0. The molecular weight excluding hydrogens is 1350 g/mol. The molecule has 0 aliphatic carbocycles. The third kappa shape index (κ3) is 12.2. The fraction of sp³-hybridized carbons (Fsp3) is 0. The van der Waals surface area contributed by atoms with E-state index in [1.165, 1.54) is 208 Å². The average molecular weight is 1420 g/mol. The summed E-state index contributed by atoms with van der Waals surface area (Å²) in [6.07, 6.45) is 0. The Morgan fingerprint density at radius 3 is 0.670 bits per heavy atom. The van der Waals surface area contributed by atoms with Crippen LogP contribution in [0.2, 0.25) is 0 Å². The van der Waals surface area contributed by atoms with Gasteiger partial charge in [0.25, 0.3) is 0 Å². The van der Waals surface area contributed by atoms with E-state index in [4.69, 9.17) is 0 Å². The fourth-order valence-electron chi connectivity index (χ4n) is 17.7. The minimum atomic E-state index is 1.22. The van der Waals surface area contributed by atoms with Crippen LogP contribution in [0.5, 0.6) is 0 Å². The molecule has 0 aromatic heterocycles. The Bertz CT molecular complexity index is 7180. The molecule has 0 radical (unpaired) electrons. The quantitative estimate of drug-likeness (QED) is 0.126. The highest BCUT2D eigenvalue weighted by Crippen LogP contribution is 2.50. The van der Waals surface area contributed by atoms with Crippen LogP contribution in [0.4, 0.5) is 0 Å². The lowest BCUT2D eigenvalue weighted by Crippen LogP contribution is -1.92. The number of rotatable bonds is 9. The molecule has 0 heterocycles. The first kappa shape index (κ1) is 66.8. The minimum absolute atomic E-state index is 1.22. The SMILES string of the molecule is c1ccc(-c2ccc(-c3c4ccccc4c(-c4ccc5ccccc5c4)c4ccccc34)cc2-c2ccccc2)cc1.c1ccc(-c2ccccc2-c2c3ccccc3c(-c3ccc4ccccc4c3)c3ccccc23)cc1.c1ccc2cc(-c3c4ccccc4c(-c4cccc5ccccc45)c4ccccc34)ccc2c1. The van der Waals surface area contributed by atoms with Crippen molar-refractivity contribution in [1.29, 1.82) is 0 Å². The molecule has 0 saturated carbocycles. The Morgan fingerprint density at radius 2 is 0.312 bits per heavy atom. The van der Waals surface area contributed by atoms with Crippen LogP contribution in [-0.4, -0.2) is 0 Å². The predicted molar refractivity (Wildman–Crippen MR) is 483 cm³/mol. The van der Waals surface area contributed by atoms with Crippen LogP contribution < -0.4 is 0 Å². The van der Waals surface area contributed by atoms with Crippen LogP contribution in [0.1, 0.15) is 0 Å². The molecule has 0 amide bonds. The van der Waals surface area contributed by atoms with E-state index in [0.717, 1.165) is 0 Å². The second-order valence-electron chi connectivity index (χ2n) is 29.1. The van der Waals surface area contributed by atoms with Crippen molar-refractivity contribution in [2.75, 3.05) is 0 Å². The van der Waals surface area contributed by atoms with Gasteiger partial charge in [-0.1, -0.05) is 425 Å². The van der Waals surface area contributed by atoms with Gasteiger partial charge in [0, 0.05) is 0 Å². The molecule has 0 heteroatoms. The van der Waals surface area contributed by atoms with Gasteiger partial charge in [0.15, 0.2) is 0 Å². The maximum Gasteiger partial charge on any atom is -0.00201 e. The van der Waals surface area contributed by atoms with Crippen LogP contribution in [0.3, 0.4) is 0 Å². The van der Waals surface area contributed by atoms with Gasteiger partial charge in [0.1, 0.15) is 0 Å². The lowest BCUT2D eigenvalue weighted by Gasteiger charge is -2.20. The van der Waals surface area contributed by atoms with Crippen LogP contribution in [0.15, 0.2) is 449 Å². The zero-order valence-corrected chi connectivity index (χ0v) is 61.7. The van der Waals surface area contributed by atoms with Crippen LogP contribution in [0.25, 0.3) is 208 Å². The summed E-state index contributed by atoms with van der Waals surface area (Å²) in [6.45, 7) is 0. The van der Waals surface area contributed by atoms with E-state index in [2.05, 4.69) is 449 Å². The molecule has 22 aromatic rings. The predicted octanol–water partition coefficient (Wildman–Crippen LogP) is 31.6. The van der Waals surface area contributed by atoms with E-state index < -0.39 is 0 Å². The van der Waals surface area contributed by atoms with Gasteiger partial charge in [-0.3, -0.25) is 0 Å². The molecule has 0 nitrogen and oxygen atoms in total. The first-order chi connectivity index (χ1) is 55.6. The Morgan fingerprint density at radius 1 is 0.0893 bits per heavy atom. The highest BCUT2D eigenvalue weighted by Gasteiger charge is 2.23. The smallest absolute Gasteiger partial charge is 0.00201 e. The van der Waals surface area contributed by atoms with Gasteiger partial charge in [-0.05, 0) is 232 Å². The van der Waals surface area contributed by atoms with Gasteiger partial charge in [0.2, 0.25) is 0 Å². The Labute approximate surface area is 652 Å². The van der Waals surface area contributed by atoms with Crippen molar-refractivity contribution in [3.05, 3.63) is 449 Å². The average Bonchev–Trinajstić information content (AvgIpc) is 0.738. The summed E-state index contributed by atoms with van der Waals surface area (Å²) in [4.78, 5) is 0. The molecule has 522 valence electrons. The largest absolute Gasteiger partial charge is 0.0622 e. The maximum absolute atomic E-state index is 2.39. The Kier molecular flexibility index (Phi) is 17.4. The van der Waals surface area contributed by atoms with Crippen molar-refractivity contribution in [3.8, 4) is 100 Å². The van der Waals surface area contributed by atoms with E-state index in [1.807, 2.05) is 0 Å². The molecule has 0 spiro atoms. The van der Waals surface area contributed by atoms with Crippen molar-refractivity contribution < 1.29 is 0 Å². The topological polar surface area (TPSA) is 0 Å². The van der Waals surface area contributed by atoms with Crippen molar-refractivity contribution in [1.82, 2.24) is 0 Å². The van der Waals surface area contributed by atoms with E-state index in [1.54, 1.807) is 0 Å². The Hall–Kier alpha value is -14.6. The molecule has 0 N–H and O–H groups in total. The van der Waals surface area contributed by atoms with Gasteiger partial charge < -0.3 is 0 Å². The van der Waals surface area contributed by atoms with Crippen molar-refractivity contribution in [2.45, 2.75) is 0 Å². The second kappa shape index (κ2) is 29.2. The second-order valence-corrected chi connectivity index (χ2v) is 29.1. The van der Waals surface area contributed by atoms with E-state index in [-0.39, 0.29) is 0 Å². The number of benzene rings is 22. The normalized spacial score (nSPS) is 11.4. The third-order valence-electron chi connectivity index (χ3n) is 22.7. The highest BCUT2D eigenvalue weighted by molar-refractivity contribution is 6.26. The molecule has 0 aliphatic rings.